The van der Waals surface area contributed by atoms with E-state index in [4.69, 9.17) is 33.1 Å². The average molecular weight is 417 g/mol. The standard InChI is InChI=1S/C15H27N7O7/c16-7(6-10(17)23)12(26)21-8(2-1-5-20-15(18)19)13(27)22-9(14(28)29)3-4-11(24)25/h7-9H,1-6,16H2,(H2,17,23)(H,21,26)(H,22,27)(H,24,25)(H,28,29)(H4,18,19,20)/t7-,8-,9-/m0/s1. The number of carbonyl (C=O) groups is 5. The number of carboxylic acids is 2. The van der Waals surface area contributed by atoms with Crippen LogP contribution in [0.4, 0.5) is 0 Å². The van der Waals surface area contributed by atoms with Gasteiger partial charge in [0.2, 0.25) is 17.7 Å². The third-order valence-corrected chi connectivity index (χ3v) is 3.60. The molecule has 0 rings (SSSR count). The van der Waals surface area contributed by atoms with Gasteiger partial charge in [-0.15, -0.1) is 0 Å². The van der Waals surface area contributed by atoms with Crippen LogP contribution in [0.3, 0.4) is 0 Å². The fraction of sp³-hybridized carbons (Fsp3) is 0.600. The number of hydrogen-bond donors (Lipinski definition) is 8. The van der Waals surface area contributed by atoms with Crippen molar-refractivity contribution < 1.29 is 34.2 Å². The summed E-state index contributed by atoms with van der Waals surface area (Å²) in [5.41, 5.74) is 20.9. The number of hydrogen-bond acceptors (Lipinski definition) is 7. The second kappa shape index (κ2) is 12.9. The van der Waals surface area contributed by atoms with Crippen molar-refractivity contribution in [1.82, 2.24) is 10.6 Å². The lowest BCUT2D eigenvalue weighted by Crippen LogP contribution is -2.55. The summed E-state index contributed by atoms with van der Waals surface area (Å²) in [5.74, 6) is -5.37. The van der Waals surface area contributed by atoms with Crippen LogP contribution in [-0.2, 0) is 24.0 Å². The van der Waals surface area contributed by atoms with Gasteiger partial charge in [0.25, 0.3) is 0 Å². The molecule has 3 atom stereocenters. The van der Waals surface area contributed by atoms with Crippen LogP contribution in [0, 0.1) is 0 Å². The maximum Gasteiger partial charge on any atom is 0.326 e. The van der Waals surface area contributed by atoms with E-state index >= 15 is 0 Å². The van der Waals surface area contributed by atoms with Crippen molar-refractivity contribution in [3.05, 3.63) is 0 Å². The molecule has 164 valence electrons. The molecule has 0 aliphatic heterocycles. The molecule has 0 saturated carbocycles. The molecule has 0 fully saturated rings. The summed E-state index contributed by atoms with van der Waals surface area (Å²) in [6.45, 7) is 0.136. The van der Waals surface area contributed by atoms with Crippen molar-refractivity contribution in [2.24, 2.45) is 27.9 Å². The zero-order chi connectivity index (χ0) is 22.6. The highest BCUT2D eigenvalue weighted by Gasteiger charge is 2.28. The number of aliphatic carboxylic acids is 2. The molecule has 12 N–H and O–H groups in total. The van der Waals surface area contributed by atoms with Gasteiger partial charge in [0.05, 0.1) is 12.5 Å². The van der Waals surface area contributed by atoms with Gasteiger partial charge in [-0.05, 0) is 19.3 Å². The van der Waals surface area contributed by atoms with Gasteiger partial charge < -0.3 is 43.8 Å². The molecular weight excluding hydrogens is 390 g/mol. The number of nitrogens with one attached hydrogen (secondary N) is 2. The highest BCUT2D eigenvalue weighted by atomic mass is 16.4. The van der Waals surface area contributed by atoms with Crippen molar-refractivity contribution in [3.63, 3.8) is 0 Å². The van der Waals surface area contributed by atoms with E-state index in [1.54, 1.807) is 0 Å². The van der Waals surface area contributed by atoms with Crippen LogP contribution in [0.5, 0.6) is 0 Å². The van der Waals surface area contributed by atoms with E-state index in [-0.39, 0.29) is 31.8 Å². The van der Waals surface area contributed by atoms with E-state index in [0.717, 1.165) is 0 Å². The largest absolute Gasteiger partial charge is 0.481 e. The molecule has 14 nitrogen and oxygen atoms in total. The summed E-state index contributed by atoms with van der Waals surface area (Å²) in [4.78, 5) is 61.0. The van der Waals surface area contributed by atoms with Gasteiger partial charge >= 0.3 is 11.9 Å². The van der Waals surface area contributed by atoms with Crippen LogP contribution >= 0.6 is 0 Å². The van der Waals surface area contributed by atoms with Crippen molar-refractivity contribution >= 4 is 35.6 Å². The van der Waals surface area contributed by atoms with Crippen molar-refractivity contribution in [3.8, 4) is 0 Å². The van der Waals surface area contributed by atoms with Crippen molar-refractivity contribution in [2.75, 3.05) is 6.54 Å². The van der Waals surface area contributed by atoms with E-state index < -0.39 is 60.6 Å². The number of amides is 3. The quantitative estimate of drug-likeness (QED) is 0.0774. The average Bonchev–Trinajstić information content (AvgIpc) is 2.59. The summed E-state index contributed by atoms with van der Waals surface area (Å²) >= 11 is 0. The van der Waals surface area contributed by atoms with E-state index in [0.29, 0.717) is 0 Å². The monoisotopic (exact) mass is 417 g/mol. The second-order valence-corrected chi connectivity index (χ2v) is 6.12. The Morgan fingerprint density at radius 3 is 1.97 bits per heavy atom. The number of nitrogens with zero attached hydrogens (tertiary/aromatic N) is 1. The van der Waals surface area contributed by atoms with Crippen LogP contribution in [0.2, 0.25) is 0 Å². The first-order valence-corrected chi connectivity index (χ1v) is 8.58. The highest BCUT2D eigenvalue weighted by Crippen LogP contribution is 2.04. The molecule has 0 saturated heterocycles. The number of nitrogens with two attached hydrogens (primary N) is 4. The molecule has 0 aliphatic carbocycles. The molecule has 0 aromatic heterocycles. The molecule has 0 spiro atoms. The fourth-order valence-electron chi connectivity index (χ4n) is 2.16. The predicted molar refractivity (Wildman–Crippen MR) is 100 cm³/mol. The number of primary amides is 1. The second-order valence-electron chi connectivity index (χ2n) is 6.12. The lowest BCUT2D eigenvalue weighted by atomic mass is 10.1. The zero-order valence-electron chi connectivity index (χ0n) is 15.7. The molecule has 0 aromatic rings. The number of carboxylic acid groups (broad SMARTS) is 2. The van der Waals surface area contributed by atoms with E-state index in [1.807, 2.05) is 0 Å². The summed E-state index contributed by atoms with van der Waals surface area (Å²) in [7, 11) is 0. The van der Waals surface area contributed by atoms with Crippen molar-refractivity contribution in [2.45, 2.75) is 50.2 Å². The Labute approximate surface area is 166 Å². The molecule has 0 bridgehead atoms. The SMILES string of the molecule is NC(=O)C[C@H](N)C(=O)N[C@@H](CCCN=C(N)N)C(=O)N[C@@H](CCC(=O)O)C(=O)O. The van der Waals surface area contributed by atoms with Crippen molar-refractivity contribution in [1.29, 1.82) is 0 Å². The van der Waals surface area contributed by atoms with E-state index in [9.17, 15) is 24.0 Å². The van der Waals surface area contributed by atoms with Crippen LogP contribution < -0.4 is 33.6 Å². The Morgan fingerprint density at radius 1 is 0.897 bits per heavy atom. The fourth-order valence-corrected chi connectivity index (χ4v) is 2.16. The Balaban J connectivity index is 5.16. The summed E-state index contributed by atoms with van der Waals surface area (Å²) in [6, 6.07) is -4.00. The van der Waals surface area contributed by atoms with Gasteiger partial charge in [-0.1, -0.05) is 0 Å². The molecule has 29 heavy (non-hydrogen) atoms. The molecule has 14 heteroatoms. The van der Waals surface area contributed by atoms with Gasteiger partial charge in [0, 0.05) is 13.0 Å². The molecule has 0 unspecified atom stereocenters. The first-order chi connectivity index (χ1) is 13.4. The molecule has 0 radical (unpaired) electrons. The van der Waals surface area contributed by atoms with Gasteiger partial charge in [-0.25, -0.2) is 4.79 Å². The van der Waals surface area contributed by atoms with E-state index in [1.165, 1.54) is 0 Å². The lowest BCUT2D eigenvalue weighted by Gasteiger charge is -2.22. The Kier molecular flexibility index (Phi) is 11.4. The number of guanidine groups is 1. The maximum atomic E-state index is 12.5. The van der Waals surface area contributed by atoms with Crippen LogP contribution in [0.25, 0.3) is 0 Å². The smallest absolute Gasteiger partial charge is 0.326 e. The molecule has 0 heterocycles. The summed E-state index contributed by atoms with van der Waals surface area (Å²) < 4.78 is 0. The van der Waals surface area contributed by atoms with Gasteiger partial charge in [-0.2, -0.15) is 0 Å². The van der Waals surface area contributed by atoms with Crippen LogP contribution in [-0.4, -0.2) is 70.5 Å². The lowest BCUT2D eigenvalue weighted by molar-refractivity contribution is -0.143. The molecular formula is C15H27N7O7. The van der Waals surface area contributed by atoms with Gasteiger partial charge in [0.15, 0.2) is 5.96 Å². The van der Waals surface area contributed by atoms with Crippen LogP contribution in [0.15, 0.2) is 4.99 Å². The number of carbonyl (C=O) groups excluding carboxylic acids is 3. The van der Waals surface area contributed by atoms with Gasteiger partial charge in [-0.3, -0.25) is 24.2 Å². The Bertz CT molecular complexity index is 649. The third kappa shape index (κ3) is 11.8. The summed E-state index contributed by atoms with van der Waals surface area (Å²) in [5, 5.41) is 22.3. The molecule has 0 aromatic carbocycles. The normalized spacial score (nSPS) is 13.4. The van der Waals surface area contributed by atoms with Gasteiger partial charge in [0.1, 0.15) is 12.1 Å². The molecule has 3 amide bonds. The predicted octanol–water partition coefficient (Wildman–Crippen LogP) is -3.84. The van der Waals surface area contributed by atoms with E-state index in [2.05, 4.69) is 15.6 Å². The topological polar surface area (TPSA) is 266 Å². The minimum atomic E-state index is -1.48. The number of rotatable bonds is 14. The first-order valence-electron chi connectivity index (χ1n) is 8.58. The zero-order valence-corrected chi connectivity index (χ0v) is 15.7. The Morgan fingerprint density at radius 2 is 1.48 bits per heavy atom. The maximum absolute atomic E-state index is 12.5. The minimum absolute atomic E-state index is 0.0168. The minimum Gasteiger partial charge on any atom is -0.481 e. The highest BCUT2D eigenvalue weighted by molar-refractivity contribution is 5.93. The molecule has 0 aliphatic rings. The Hall–Kier alpha value is -3.42. The first kappa shape index (κ1) is 25.6. The van der Waals surface area contributed by atoms with Crippen LogP contribution in [0.1, 0.15) is 32.1 Å². The number of aliphatic imine (C=N–C) groups is 1. The summed E-state index contributed by atoms with van der Waals surface area (Å²) in [6.07, 6.45) is -1.03. The third-order valence-electron chi connectivity index (χ3n) is 3.60.